The van der Waals surface area contributed by atoms with E-state index in [2.05, 4.69) is 25.9 Å². The Bertz CT molecular complexity index is 93.6. The molecule has 1 N–H and O–H groups in total. The Kier molecular flexibility index (Phi) is 5.51. The van der Waals surface area contributed by atoms with E-state index < -0.39 is 0 Å². The van der Waals surface area contributed by atoms with Gasteiger partial charge >= 0.3 is 0 Å². The first-order chi connectivity index (χ1) is 5.07. The summed E-state index contributed by atoms with van der Waals surface area (Å²) in [6.07, 6.45) is 2.79. The molecule has 0 aliphatic heterocycles. The quantitative estimate of drug-likeness (QED) is 0.657. The van der Waals surface area contributed by atoms with Crippen molar-refractivity contribution in [3.8, 4) is 0 Å². The van der Waals surface area contributed by atoms with E-state index >= 15 is 0 Å². The van der Waals surface area contributed by atoms with E-state index in [1.54, 1.807) is 0 Å². The van der Waals surface area contributed by atoms with Crippen LogP contribution in [-0.2, 0) is 0 Å². The standard InChI is InChI=1S/C9H21NO/c1-5-9(11)7-6-8(2)10(3)4/h8-9,11H,5-7H2,1-4H3. The molecule has 0 amide bonds. The molecule has 11 heavy (non-hydrogen) atoms. The summed E-state index contributed by atoms with van der Waals surface area (Å²) in [6, 6.07) is 0.580. The molecule has 2 nitrogen and oxygen atoms in total. The van der Waals surface area contributed by atoms with E-state index in [0.29, 0.717) is 6.04 Å². The summed E-state index contributed by atoms with van der Waals surface area (Å²) >= 11 is 0. The molecule has 68 valence electrons. The summed E-state index contributed by atoms with van der Waals surface area (Å²) in [5, 5.41) is 9.27. The highest BCUT2D eigenvalue weighted by Crippen LogP contribution is 2.06. The third kappa shape index (κ3) is 5.22. The van der Waals surface area contributed by atoms with E-state index in [1.807, 2.05) is 6.92 Å². The van der Waals surface area contributed by atoms with Crippen LogP contribution in [0.4, 0.5) is 0 Å². The zero-order valence-corrected chi connectivity index (χ0v) is 8.17. The molecule has 0 aromatic heterocycles. The number of aliphatic hydroxyl groups is 1. The minimum atomic E-state index is -0.0996. The van der Waals surface area contributed by atoms with Crippen LogP contribution in [0.25, 0.3) is 0 Å². The van der Waals surface area contributed by atoms with Crippen LogP contribution in [0.1, 0.15) is 33.1 Å². The van der Waals surface area contributed by atoms with Gasteiger partial charge in [0.1, 0.15) is 0 Å². The van der Waals surface area contributed by atoms with Gasteiger partial charge in [-0.05, 0) is 40.3 Å². The summed E-state index contributed by atoms with van der Waals surface area (Å²) in [5.74, 6) is 0. The van der Waals surface area contributed by atoms with Crippen molar-refractivity contribution < 1.29 is 5.11 Å². The molecule has 2 unspecified atom stereocenters. The lowest BCUT2D eigenvalue weighted by Gasteiger charge is -2.20. The van der Waals surface area contributed by atoms with Crippen LogP contribution in [0.15, 0.2) is 0 Å². The van der Waals surface area contributed by atoms with Crippen molar-refractivity contribution >= 4 is 0 Å². The van der Waals surface area contributed by atoms with Crippen molar-refractivity contribution in [2.45, 2.75) is 45.3 Å². The second-order valence-electron chi connectivity index (χ2n) is 3.45. The third-order valence-electron chi connectivity index (χ3n) is 2.27. The first kappa shape index (κ1) is 10.9. The number of hydrogen-bond donors (Lipinski definition) is 1. The Morgan fingerprint density at radius 2 is 1.82 bits per heavy atom. The van der Waals surface area contributed by atoms with Gasteiger partial charge in [0.2, 0.25) is 0 Å². The molecule has 2 heteroatoms. The van der Waals surface area contributed by atoms with Crippen LogP contribution >= 0.6 is 0 Å². The second-order valence-corrected chi connectivity index (χ2v) is 3.45. The SMILES string of the molecule is CCC(O)CCC(C)N(C)C. The number of hydrogen-bond acceptors (Lipinski definition) is 2. The second kappa shape index (κ2) is 5.56. The van der Waals surface area contributed by atoms with E-state index in [4.69, 9.17) is 0 Å². The Labute approximate surface area is 70.2 Å². The molecule has 0 fully saturated rings. The van der Waals surface area contributed by atoms with Crippen LogP contribution in [0, 0.1) is 0 Å². The molecule has 0 aliphatic carbocycles. The predicted molar refractivity (Wildman–Crippen MR) is 48.7 cm³/mol. The fraction of sp³-hybridized carbons (Fsp3) is 1.00. The monoisotopic (exact) mass is 159 g/mol. The summed E-state index contributed by atoms with van der Waals surface area (Å²) in [4.78, 5) is 2.18. The van der Waals surface area contributed by atoms with Gasteiger partial charge in [0.25, 0.3) is 0 Å². The highest BCUT2D eigenvalue weighted by molar-refractivity contribution is 4.62. The van der Waals surface area contributed by atoms with Gasteiger partial charge in [-0.3, -0.25) is 0 Å². The fourth-order valence-electron chi connectivity index (χ4n) is 0.896. The minimum absolute atomic E-state index is 0.0996. The summed E-state index contributed by atoms with van der Waals surface area (Å²) in [7, 11) is 4.14. The molecule has 0 saturated carbocycles. The van der Waals surface area contributed by atoms with Crippen molar-refractivity contribution in [3.05, 3.63) is 0 Å². The Morgan fingerprint density at radius 1 is 1.27 bits per heavy atom. The van der Waals surface area contributed by atoms with Gasteiger partial charge in [-0.15, -0.1) is 0 Å². The molecule has 0 bridgehead atoms. The molecule has 0 aromatic carbocycles. The first-order valence-corrected chi connectivity index (χ1v) is 4.42. The van der Waals surface area contributed by atoms with Crippen molar-refractivity contribution in [1.29, 1.82) is 0 Å². The maximum absolute atomic E-state index is 9.27. The molecule has 0 aromatic rings. The molecular weight excluding hydrogens is 138 g/mol. The van der Waals surface area contributed by atoms with Crippen molar-refractivity contribution in [1.82, 2.24) is 4.90 Å². The Hall–Kier alpha value is -0.0800. The van der Waals surface area contributed by atoms with Crippen molar-refractivity contribution in [3.63, 3.8) is 0 Å². The topological polar surface area (TPSA) is 23.5 Å². The Morgan fingerprint density at radius 3 is 2.18 bits per heavy atom. The molecule has 0 rings (SSSR count). The highest BCUT2D eigenvalue weighted by Gasteiger charge is 2.07. The number of nitrogens with zero attached hydrogens (tertiary/aromatic N) is 1. The lowest BCUT2D eigenvalue weighted by atomic mass is 10.1. The van der Waals surface area contributed by atoms with Gasteiger partial charge in [-0.25, -0.2) is 0 Å². The van der Waals surface area contributed by atoms with Crippen LogP contribution in [0.2, 0.25) is 0 Å². The lowest BCUT2D eigenvalue weighted by molar-refractivity contribution is 0.144. The molecule has 0 radical (unpaired) electrons. The van der Waals surface area contributed by atoms with Gasteiger partial charge in [0, 0.05) is 6.04 Å². The van der Waals surface area contributed by atoms with Crippen LogP contribution in [-0.4, -0.2) is 36.2 Å². The average molecular weight is 159 g/mol. The van der Waals surface area contributed by atoms with Gasteiger partial charge in [-0.2, -0.15) is 0 Å². The molecule has 0 saturated heterocycles. The van der Waals surface area contributed by atoms with Gasteiger partial charge in [0.15, 0.2) is 0 Å². The number of rotatable bonds is 5. The summed E-state index contributed by atoms with van der Waals surface area (Å²) < 4.78 is 0. The maximum Gasteiger partial charge on any atom is 0.0538 e. The fourth-order valence-corrected chi connectivity index (χ4v) is 0.896. The third-order valence-corrected chi connectivity index (χ3v) is 2.27. The van der Waals surface area contributed by atoms with Crippen LogP contribution in [0.3, 0.4) is 0 Å². The smallest absolute Gasteiger partial charge is 0.0538 e. The van der Waals surface area contributed by atoms with E-state index in [1.165, 1.54) is 0 Å². The summed E-state index contributed by atoms with van der Waals surface area (Å²) in [5.41, 5.74) is 0. The van der Waals surface area contributed by atoms with Crippen LogP contribution in [0.5, 0.6) is 0 Å². The highest BCUT2D eigenvalue weighted by atomic mass is 16.3. The number of aliphatic hydroxyl groups excluding tert-OH is 1. The first-order valence-electron chi connectivity index (χ1n) is 4.42. The lowest BCUT2D eigenvalue weighted by Crippen LogP contribution is -2.25. The largest absolute Gasteiger partial charge is 0.393 e. The van der Waals surface area contributed by atoms with Gasteiger partial charge < -0.3 is 10.0 Å². The normalized spacial score (nSPS) is 16.9. The molecule has 0 spiro atoms. The van der Waals surface area contributed by atoms with E-state index in [-0.39, 0.29) is 6.10 Å². The molecule has 0 aliphatic rings. The van der Waals surface area contributed by atoms with Gasteiger partial charge in [-0.1, -0.05) is 6.92 Å². The van der Waals surface area contributed by atoms with Crippen molar-refractivity contribution in [2.75, 3.05) is 14.1 Å². The predicted octanol–water partition coefficient (Wildman–Crippen LogP) is 1.49. The molecule has 0 heterocycles. The van der Waals surface area contributed by atoms with Gasteiger partial charge in [0.05, 0.1) is 6.10 Å². The Balaban J connectivity index is 3.37. The molecule has 2 atom stereocenters. The zero-order chi connectivity index (χ0) is 8.85. The van der Waals surface area contributed by atoms with E-state index in [9.17, 15) is 5.11 Å². The van der Waals surface area contributed by atoms with Crippen molar-refractivity contribution in [2.24, 2.45) is 0 Å². The maximum atomic E-state index is 9.27. The minimum Gasteiger partial charge on any atom is -0.393 e. The molecular formula is C9H21NO. The van der Waals surface area contributed by atoms with E-state index in [0.717, 1.165) is 19.3 Å². The zero-order valence-electron chi connectivity index (χ0n) is 8.17. The summed E-state index contributed by atoms with van der Waals surface area (Å²) in [6.45, 7) is 4.20. The van der Waals surface area contributed by atoms with Crippen LogP contribution < -0.4 is 0 Å². The average Bonchev–Trinajstić information content (AvgIpc) is 1.99.